The third kappa shape index (κ3) is 4.86. The molecule has 0 radical (unpaired) electrons. The van der Waals surface area contributed by atoms with Crippen molar-refractivity contribution in [2.45, 2.75) is 32.7 Å². The minimum Gasteiger partial charge on any atom is -0.466 e. The number of nitro groups is 1. The third-order valence-corrected chi connectivity index (χ3v) is 5.53. The van der Waals surface area contributed by atoms with E-state index >= 15 is 0 Å². The van der Waals surface area contributed by atoms with Crippen LogP contribution in [0.1, 0.15) is 32.3 Å². The first kappa shape index (κ1) is 23.5. The number of hydrogen-bond donors (Lipinski definition) is 0. The molecule has 0 N–H and O–H groups in total. The van der Waals surface area contributed by atoms with Gasteiger partial charge in [-0.1, -0.05) is 23.9 Å². The second kappa shape index (κ2) is 10.3. The molecule has 1 aliphatic heterocycles. The maximum absolute atomic E-state index is 12.9. The molecule has 0 spiro atoms. The molecule has 9 nitrogen and oxygen atoms in total. The number of rotatable bonds is 7. The van der Waals surface area contributed by atoms with Crippen molar-refractivity contribution in [1.29, 1.82) is 0 Å². The van der Waals surface area contributed by atoms with Crippen molar-refractivity contribution >= 4 is 40.2 Å². The monoisotopic (exact) mass is 436 g/mol. The highest BCUT2D eigenvalue weighted by molar-refractivity contribution is 8.13. The summed E-state index contributed by atoms with van der Waals surface area (Å²) in [7, 11) is 0. The van der Waals surface area contributed by atoms with Gasteiger partial charge in [-0.2, -0.15) is 0 Å². The number of nitro benzene ring substituents is 1. The largest absolute Gasteiger partial charge is 0.466 e. The van der Waals surface area contributed by atoms with E-state index in [0.29, 0.717) is 11.3 Å². The lowest BCUT2D eigenvalue weighted by atomic mass is 9.70. The van der Waals surface area contributed by atoms with E-state index in [4.69, 9.17) is 9.47 Å². The van der Waals surface area contributed by atoms with Crippen LogP contribution in [0.4, 0.5) is 5.69 Å². The molecule has 2 rings (SSSR count). The SMILES string of the molecule is CCOC(=O)C1C(C)=NC(C(=O)SC)C(C(=O)OCC)C1c1cccc([N+](=O)[O-])c1. The molecule has 0 saturated carbocycles. The highest BCUT2D eigenvalue weighted by Gasteiger charge is 2.51. The fourth-order valence-corrected chi connectivity index (χ4v) is 4.11. The lowest BCUT2D eigenvalue weighted by Crippen LogP contribution is -2.48. The first-order valence-electron chi connectivity index (χ1n) is 9.46. The summed E-state index contributed by atoms with van der Waals surface area (Å²) in [5, 5.41) is 10.9. The standard InChI is InChI=1S/C20H24N2O7S/c1-5-28-18(23)14-11(3)21-17(20(25)30-4)16(19(24)29-6-2)15(14)12-8-7-9-13(10-12)22(26)27/h7-10,14-17H,5-6H2,1-4H3. The zero-order chi connectivity index (χ0) is 22.4. The van der Waals surface area contributed by atoms with Gasteiger partial charge in [0.2, 0.25) is 5.12 Å². The van der Waals surface area contributed by atoms with Crippen LogP contribution >= 0.6 is 11.8 Å². The Morgan fingerprint density at radius 3 is 2.37 bits per heavy atom. The molecule has 1 aromatic rings. The van der Waals surface area contributed by atoms with Crippen molar-refractivity contribution in [3.8, 4) is 0 Å². The molecule has 1 aromatic carbocycles. The Morgan fingerprint density at radius 1 is 1.17 bits per heavy atom. The average Bonchev–Trinajstić information content (AvgIpc) is 2.72. The first-order valence-corrected chi connectivity index (χ1v) is 10.7. The van der Waals surface area contributed by atoms with Crippen LogP contribution in [0.3, 0.4) is 0 Å². The van der Waals surface area contributed by atoms with E-state index in [2.05, 4.69) is 4.99 Å². The van der Waals surface area contributed by atoms with Gasteiger partial charge in [0.15, 0.2) is 0 Å². The van der Waals surface area contributed by atoms with E-state index < -0.39 is 40.7 Å². The molecule has 0 amide bonds. The van der Waals surface area contributed by atoms with E-state index in [-0.39, 0.29) is 24.0 Å². The predicted octanol–water partition coefficient (Wildman–Crippen LogP) is 2.77. The normalized spacial score (nSPS) is 23.3. The maximum atomic E-state index is 12.9. The smallest absolute Gasteiger partial charge is 0.315 e. The zero-order valence-corrected chi connectivity index (χ0v) is 18.0. The minimum absolute atomic E-state index is 0.0734. The Kier molecular flexibility index (Phi) is 8.10. The summed E-state index contributed by atoms with van der Waals surface area (Å²) >= 11 is 0.920. The number of carbonyl (C=O) groups excluding carboxylic acids is 3. The molecule has 1 heterocycles. The summed E-state index contributed by atoms with van der Waals surface area (Å²) in [6.07, 6.45) is 1.58. The van der Waals surface area contributed by atoms with Crippen LogP contribution in [0.25, 0.3) is 0 Å². The van der Waals surface area contributed by atoms with E-state index in [1.807, 2.05) is 0 Å². The summed E-state index contributed by atoms with van der Waals surface area (Å²) in [6, 6.07) is 4.62. The molecule has 0 bridgehead atoms. The van der Waals surface area contributed by atoms with E-state index in [1.165, 1.54) is 18.2 Å². The van der Waals surface area contributed by atoms with Gasteiger partial charge in [-0.15, -0.1) is 0 Å². The topological polar surface area (TPSA) is 125 Å². The van der Waals surface area contributed by atoms with E-state index in [1.54, 1.807) is 33.1 Å². The maximum Gasteiger partial charge on any atom is 0.315 e. The molecular weight excluding hydrogens is 412 g/mol. The number of ether oxygens (including phenoxy) is 2. The van der Waals surface area contributed by atoms with E-state index in [0.717, 1.165) is 11.8 Å². The Hall–Kier alpha value is -2.75. The highest BCUT2D eigenvalue weighted by Crippen LogP contribution is 2.43. The van der Waals surface area contributed by atoms with E-state index in [9.17, 15) is 24.5 Å². The molecule has 1 aliphatic rings. The number of aliphatic imine (C=N–C) groups is 1. The second-order valence-electron chi connectivity index (χ2n) is 6.62. The number of non-ortho nitro benzene ring substituents is 1. The second-order valence-corrected chi connectivity index (χ2v) is 7.43. The fourth-order valence-electron chi connectivity index (χ4n) is 3.67. The molecule has 4 unspecified atom stereocenters. The summed E-state index contributed by atoms with van der Waals surface area (Å²) in [4.78, 5) is 53.4. The van der Waals surface area contributed by atoms with Gasteiger partial charge in [-0.05, 0) is 32.6 Å². The van der Waals surface area contributed by atoms with Gasteiger partial charge in [-0.25, -0.2) is 0 Å². The molecule has 4 atom stereocenters. The van der Waals surface area contributed by atoms with Gasteiger partial charge in [0.05, 0.1) is 24.1 Å². The van der Waals surface area contributed by atoms with Crippen molar-refractivity contribution in [2.75, 3.05) is 19.5 Å². The molecule has 162 valence electrons. The molecular formula is C20H24N2O7S. The van der Waals surface area contributed by atoms with Crippen LogP contribution in [-0.2, 0) is 23.9 Å². The van der Waals surface area contributed by atoms with Gasteiger partial charge in [0, 0.05) is 23.8 Å². The highest BCUT2D eigenvalue weighted by atomic mass is 32.2. The van der Waals surface area contributed by atoms with Crippen LogP contribution in [0.2, 0.25) is 0 Å². The lowest BCUT2D eigenvalue weighted by molar-refractivity contribution is -0.384. The predicted molar refractivity (Wildman–Crippen MR) is 112 cm³/mol. The average molecular weight is 436 g/mol. The van der Waals surface area contributed by atoms with Gasteiger partial charge < -0.3 is 9.47 Å². The number of nitrogens with zero attached hydrogens (tertiary/aromatic N) is 2. The lowest BCUT2D eigenvalue weighted by Gasteiger charge is -2.38. The van der Waals surface area contributed by atoms with Crippen LogP contribution in [-0.4, -0.2) is 53.2 Å². The van der Waals surface area contributed by atoms with Crippen LogP contribution in [0.15, 0.2) is 29.3 Å². The Morgan fingerprint density at radius 2 is 1.80 bits per heavy atom. The van der Waals surface area contributed by atoms with Crippen molar-refractivity contribution in [3.63, 3.8) is 0 Å². The van der Waals surface area contributed by atoms with Crippen molar-refractivity contribution in [2.24, 2.45) is 16.8 Å². The summed E-state index contributed by atoms with van der Waals surface area (Å²) < 4.78 is 10.4. The Balaban J connectivity index is 2.73. The van der Waals surface area contributed by atoms with Gasteiger partial charge in [0.25, 0.3) is 5.69 Å². The van der Waals surface area contributed by atoms with Crippen LogP contribution < -0.4 is 0 Å². The quantitative estimate of drug-likeness (QED) is 0.363. The number of hydrogen-bond acceptors (Lipinski definition) is 9. The number of benzene rings is 1. The van der Waals surface area contributed by atoms with Crippen LogP contribution in [0, 0.1) is 22.0 Å². The summed E-state index contributed by atoms with van der Waals surface area (Å²) in [6.45, 7) is 5.06. The zero-order valence-electron chi connectivity index (χ0n) is 17.2. The fraction of sp³-hybridized carbons (Fsp3) is 0.500. The molecule has 10 heteroatoms. The third-order valence-electron chi connectivity index (χ3n) is 4.89. The Labute approximate surface area is 178 Å². The summed E-state index contributed by atoms with van der Waals surface area (Å²) in [5.74, 6) is -4.30. The van der Waals surface area contributed by atoms with Crippen molar-refractivity contribution in [1.82, 2.24) is 0 Å². The van der Waals surface area contributed by atoms with Gasteiger partial charge in [-0.3, -0.25) is 29.5 Å². The Bertz CT molecular complexity index is 870. The molecule has 0 fully saturated rings. The minimum atomic E-state index is -1.12. The molecule has 0 aliphatic carbocycles. The number of carbonyl (C=O) groups is 3. The molecule has 0 saturated heterocycles. The van der Waals surface area contributed by atoms with Crippen LogP contribution in [0.5, 0.6) is 0 Å². The van der Waals surface area contributed by atoms with Crippen molar-refractivity contribution in [3.05, 3.63) is 39.9 Å². The van der Waals surface area contributed by atoms with Gasteiger partial charge >= 0.3 is 11.9 Å². The number of thioether (sulfide) groups is 1. The van der Waals surface area contributed by atoms with Crippen molar-refractivity contribution < 1.29 is 28.8 Å². The summed E-state index contributed by atoms with van der Waals surface area (Å²) in [5.41, 5.74) is 0.511. The molecule has 0 aromatic heterocycles. The molecule has 30 heavy (non-hydrogen) atoms. The van der Waals surface area contributed by atoms with Gasteiger partial charge in [0.1, 0.15) is 12.0 Å². The first-order chi connectivity index (χ1) is 14.3. The number of esters is 2.